The minimum atomic E-state index is 0.0389. The van der Waals surface area contributed by atoms with Gasteiger partial charge in [0.05, 0.1) is 24.6 Å². The molecule has 1 aliphatic carbocycles. The van der Waals surface area contributed by atoms with E-state index in [1.165, 1.54) is 19.3 Å². The summed E-state index contributed by atoms with van der Waals surface area (Å²) in [6, 6.07) is 5.98. The molecule has 1 fully saturated rings. The van der Waals surface area contributed by atoms with Crippen LogP contribution in [0, 0.1) is 6.92 Å². The average molecular weight is 323 g/mol. The summed E-state index contributed by atoms with van der Waals surface area (Å²) in [5.41, 5.74) is 4.83. The molecule has 3 heterocycles. The van der Waals surface area contributed by atoms with Crippen LogP contribution in [0.25, 0.3) is 16.8 Å². The summed E-state index contributed by atoms with van der Waals surface area (Å²) in [6.07, 6.45) is 9.83. The molecule has 24 heavy (non-hydrogen) atoms. The number of nitrogens with zero attached hydrogens (tertiary/aromatic N) is 3. The summed E-state index contributed by atoms with van der Waals surface area (Å²) in [5, 5.41) is 0. The summed E-state index contributed by atoms with van der Waals surface area (Å²) in [6.45, 7) is 2.43. The van der Waals surface area contributed by atoms with Crippen molar-refractivity contribution >= 4 is 5.65 Å². The summed E-state index contributed by atoms with van der Waals surface area (Å²) < 4.78 is 9.63. The number of pyridine rings is 2. The highest BCUT2D eigenvalue weighted by Crippen LogP contribution is 2.24. The molecule has 1 saturated carbocycles. The van der Waals surface area contributed by atoms with Crippen molar-refractivity contribution in [2.45, 2.75) is 38.9 Å². The molecular weight excluding hydrogens is 302 g/mol. The molecule has 0 aromatic carbocycles. The van der Waals surface area contributed by atoms with E-state index >= 15 is 0 Å². The Morgan fingerprint density at radius 2 is 2.08 bits per heavy atom. The SMILES string of the molecule is Cc1cc(-c2ccc3ncc(COC4CCC4)n3c2)cn(C)c1=O. The van der Waals surface area contributed by atoms with E-state index < -0.39 is 0 Å². The van der Waals surface area contributed by atoms with Crippen LogP contribution in [-0.4, -0.2) is 20.1 Å². The van der Waals surface area contributed by atoms with Gasteiger partial charge in [-0.1, -0.05) is 0 Å². The van der Waals surface area contributed by atoms with E-state index in [-0.39, 0.29) is 5.56 Å². The van der Waals surface area contributed by atoms with Crippen LogP contribution in [0.1, 0.15) is 30.5 Å². The second-order valence-corrected chi connectivity index (χ2v) is 6.59. The van der Waals surface area contributed by atoms with Crippen LogP contribution >= 0.6 is 0 Å². The molecule has 124 valence electrons. The fraction of sp³-hybridized carbons (Fsp3) is 0.368. The Morgan fingerprint density at radius 1 is 1.25 bits per heavy atom. The predicted molar refractivity (Wildman–Crippen MR) is 93.0 cm³/mol. The molecule has 5 nitrogen and oxygen atoms in total. The Balaban J connectivity index is 1.70. The van der Waals surface area contributed by atoms with Gasteiger partial charge in [0.25, 0.3) is 5.56 Å². The van der Waals surface area contributed by atoms with Gasteiger partial charge >= 0.3 is 0 Å². The molecule has 0 unspecified atom stereocenters. The maximum Gasteiger partial charge on any atom is 0.253 e. The summed E-state index contributed by atoms with van der Waals surface area (Å²) in [4.78, 5) is 16.3. The number of hydrogen-bond donors (Lipinski definition) is 0. The van der Waals surface area contributed by atoms with E-state index in [9.17, 15) is 4.79 Å². The van der Waals surface area contributed by atoms with Crippen LogP contribution in [0.5, 0.6) is 0 Å². The van der Waals surface area contributed by atoms with Crippen molar-refractivity contribution in [2.24, 2.45) is 7.05 Å². The Bertz CT molecular complexity index is 925. The minimum absolute atomic E-state index is 0.0389. The summed E-state index contributed by atoms with van der Waals surface area (Å²) in [7, 11) is 1.78. The van der Waals surface area contributed by atoms with Crippen LogP contribution in [0.2, 0.25) is 0 Å². The Morgan fingerprint density at radius 3 is 2.79 bits per heavy atom. The number of hydrogen-bond acceptors (Lipinski definition) is 3. The van der Waals surface area contributed by atoms with Gasteiger partial charge < -0.3 is 13.7 Å². The van der Waals surface area contributed by atoms with Crippen molar-refractivity contribution < 1.29 is 4.74 Å². The number of ether oxygens (including phenoxy) is 1. The molecule has 4 rings (SSSR count). The van der Waals surface area contributed by atoms with Gasteiger partial charge in [-0.3, -0.25) is 4.79 Å². The number of rotatable bonds is 4. The van der Waals surface area contributed by atoms with Crippen LogP contribution < -0.4 is 5.56 Å². The third-order valence-electron chi connectivity index (χ3n) is 4.80. The lowest BCUT2D eigenvalue weighted by Gasteiger charge is -2.25. The van der Waals surface area contributed by atoms with E-state index in [1.807, 2.05) is 37.5 Å². The normalized spacial score (nSPS) is 14.9. The van der Waals surface area contributed by atoms with Crippen molar-refractivity contribution in [1.82, 2.24) is 14.0 Å². The largest absolute Gasteiger partial charge is 0.372 e. The first-order valence-corrected chi connectivity index (χ1v) is 8.37. The molecule has 3 aromatic rings. The van der Waals surface area contributed by atoms with E-state index in [1.54, 1.807) is 11.6 Å². The highest BCUT2D eigenvalue weighted by atomic mass is 16.5. The predicted octanol–water partition coefficient (Wildman–Crippen LogP) is 3.08. The van der Waals surface area contributed by atoms with Gasteiger partial charge in [0.2, 0.25) is 0 Å². The van der Waals surface area contributed by atoms with Crippen molar-refractivity contribution in [3.05, 3.63) is 58.4 Å². The molecule has 0 N–H and O–H groups in total. The highest BCUT2D eigenvalue weighted by molar-refractivity contribution is 5.64. The van der Waals surface area contributed by atoms with Crippen molar-refractivity contribution in [3.63, 3.8) is 0 Å². The molecule has 0 aliphatic heterocycles. The summed E-state index contributed by atoms with van der Waals surface area (Å²) in [5.74, 6) is 0. The van der Waals surface area contributed by atoms with Crippen LogP contribution in [-0.2, 0) is 18.4 Å². The number of imidazole rings is 1. The molecule has 5 heteroatoms. The van der Waals surface area contributed by atoms with Gasteiger partial charge in [-0.05, 0) is 55.5 Å². The van der Waals surface area contributed by atoms with Gasteiger partial charge in [0, 0.05) is 25.0 Å². The molecule has 0 radical (unpaired) electrons. The Labute approximate surface area is 140 Å². The molecule has 0 atom stereocenters. The monoisotopic (exact) mass is 323 g/mol. The van der Waals surface area contributed by atoms with Crippen LogP contribution in [0.4, 0.5) is 0 Å². The van der Waals surface area contributed by atoms with Crippen molar-refractivity contribution in [1.29, 1.82) is 0 Å². The van der Waals surface area contributed by atoms with E-state index in [4.69, 9.17) is 4.74 Å². The average Bonchev–Trinajstić information content (AvgIpc) is 2.93. The number of fused-ring (bicyclic) bond motifs is 1. The first kappa shape index (κ1) is 15.1. The molecule has 3 aromatic heterocycles. The number of aromatic nitrogens is 3. The molecule has 0 saturated heterocycles. The standard InChI is InChI=1S/C19H21N3O2/c1-13-8-15(10-21(2)19(13)23)14-6-7-18-20-9-16(22(18)11-14)12-24-17-4-3-5-17/h6-11,17H,3-5,12H2,1-2H3. The van der Waals surface area contributed by atoms with E-state index in [0.717, 1.165) is 28.0 Å². The van der Waals surface area contributed by atoms with Crippen molar-refractivity contribution in [2.75, 3.05) is 0 Å². The third-order valence-corrected chi connectivity index (χ3v) is 4.80. The molecule has 1 aliphatic rings. The summed E-state index contributed by atoms with van der Waals surface area (Å²) >= 11 is 0. The van der Waals surface area contributed by atoms with Crippen LogP contribution in [0.3, 0.4) is 0 Å². The van der Waals surface area contributed by atoms with E-state index in [0.29, 0.717) is 12.7 Å². The lowest BCUT2D eigenvalue weighted by Crippen LogP contribution is -2.21. The second kappa shape index (κ2) is 5.91. The lowest BCUT2D eigenvalue weighted by atomic mass is 9.96. The zero-order valence-corrected chi connectivity index (χ0v) is 14.0. The van der Waals surface area contributed by atoms with Gasteiger partial charge in [0.1, 0.15) is 5.65 Å². The topological polar surface area (TPSA) is 48.5 Å². The smallest absolute Gasteiger partial charge is 0.253 e. The highest BCUT2D eigenvalue weighted by Gasteiger charge is 2.18. The van der Waals surface area contributed by atoms with E-state index in [2.05, 4.69) is 15.6 Å². The molecule has 0 spiro atoms. The van der Waals surface area contributed by atoms with Gasteiger partial charge in [-0.2, -0.15) is 0 Å². The zero-order valence-electron chi connectivity index (χ0n) is 14.0. The van der Waals surface area contributed by atoms with Crippen molar-refractivity contribution in [3.8, 4) is 11.1 Å². The number of aryl methyl sites for hydroxylation is 2. The first-order valence-electron chi connectivity index (χ1n) is 8.37. The van der Waals surface area contributed by atoms with Crippen LogP contribution in [0.15, 0.2) is 41.6 Å². The maximum absolute atomic E-state index is 11.9. The Hall–Kier alpha value is -2.40. The Kier molecular flexibility index (Phi) is 3.73. The molecule has 0 amide bonds. The lowest BCUT2D eigenvalue weighted by molar-refractivity contribution is -0.0103. The van der Waals surface area contributed by atoms with Gasteiger partial charge in [-0.25, -0.2) is 4.98 Å². The minimum Gasteiger partial charge on any atom is -0.372 e. The third kappa shape index (κ3) is 2.65. The first-order chi connectivity index (χ1) is 11.6. The fourth-order valence-electron chi connectivity index (χ4n) is 3.08. The molecular formula is C19H21N3O2. The maximum atomic E-state index is 11.9. The second-order valence-electron chi connectivity index (χ2n) is 6.59. The fourth-order valence-corrected chi connectivity index (χ4v) is 3.08. The molecule has 0 bridgehead atoms. The van der Waals surface area contributed by atoms with Gasteiger partial charge in [-0.15, -0.1) is 0 Å². The quantitative estimate of drug-likeness (QED) is 0.741. The van der Waals surface area contributed by atoms with Gasteiger partial charge in [0.15, 0.2) is 0 Å². The zero-order chi connectivity index (χ0) is 16.7.